The number of carbonyl (C=O) groups is 1. The zero-order valence-electron chi connectivity index (χ0n) is 12.8. The summed E-state index contributed by atoms with van der Waals surface area (Å²) in [5.74, 6) is 1.58. The fourth-order valence-electron chi connectivity index (χ4n) is 4.62. The molecule has 0 bridgehead atoms. The molecule has 2 aliphatic carbocycles. The van der Waals surface area contributed by atoms with Gasteiger partial charge >= 0.3 is 5.97 Å². The van der Waals surface area contributed by atoms with Crippen LogP contribution in [0.2, 0.25) is 0 Å². The topological polar surface area (TPSA) is 37.3 Å². The maximum Gasteiger partial charge on any atom is 0.331 e. The van der Waals surface area contributed by atoms with Crippen molar-refractivity contribution in [3.05, 3.63) is 11.1 Å². The highest BCUT2D eigenvalue weighted by Crippen LogP contribution is 2.55. The molecule has 0 saturated heterocycles. The number of rotatable bonds is 2. The van der Waals surface area contributed by atoms with Gasteiger partial charge < -0.3 is 5.11 Å². The van der Waals surface area contributed by atoms with E-state index < -0.39 is 5.97 Å². The Labute approximate surface area is 117 Å². The highest BCUT2D eigenvalue weighted by molar-refractivity contribution is 5.86. The van der Waals surface area contributed by atoms with Crippen LogP contribution in [0.25, 0.3) is 0 Å². The second kappa shape index (κ2) is 5.30. The molecule has 0 amide bonds. The van der Waals surface area contributed by atoms with Crippen LogP contribution in [0.5, 0.6) is 0 Å². The van der Waals surface area contributed by atoms with Gasteiger partial charge in [-0.05, 0) is 62.2 Å². The van der Waals surface area contributed by atoms with E-state index >= 15 is 0 Å². The Hall–Kier alpha value is -0.790. The average Bonchev–Trinajstić information content (AvgIpc) is 2.37. The smallest absolute Gasteiger partial charge is 0.331 e. The third-order valence-corrected chi connectivity index (χ3v) is 6.09. The summed E-state index contributed by atoms with van der Waals surface area (Å²) >= 11 is 0. The molecule has 2 rings (SSSR count). The van der Waals surface area contributed by atoms with Crippen molar-refractivity contribution < 1.29 is 9.90 Å². The zero-order valence-corrected chi connectivity index (χ0v) is 12.8. The van der Waals surface area contributed by atoms with Crippen molar-refractivity contribution in [1.29, 1.82) is 0 Å². The predicted molar refractivity (Wildman–Crippen MR) is 78.0 cm³/mol. The average molecular weight is 264 g/mol. The molecule has 2 fully saturated rings. The quantitative estimate of drug-likeness (QED) is 0.737. The van der Waals surface area contributed by atoms with Crippen LogP contribution in [0.3, 0.4) is 0 Å². The first-order valence-corrected chi connectivity index (χ1v) is 7.79. The van der Waals surface area contributed by atoms with E-state index in [0.29, 0.717) is 16.9 Å². The van der Waals surface area contributed by atoms with Crippen molar-refractivity contribution in [2.75, 3.05) is 0 Å². The van der Waals surface area contributed by atoms with Gasteiger partial charge in [0.1, 0.15) is 0 Å². The highest BCUT2D eigenvalue weighted by atomic mass is 16.4. The van der Waals surface area contributed by atoms with E-state index in [1.807, 2.05) is 0 Å². The van der Waals surface area contributed by atoms with E-state index in [1.54, 1.807) is 6.92 Å². The summed E-state index contributed by atoms with van der Waals surface area (Å²) in [6, 6.07) is 0. The minimum atomic E-state index is -0.728. The predicted octanol–water partition coefficient (Wildman–Crippen LogP) is 4.65. The summed E-state index contributed by atoms with van der Waals surface area (Å²) in [6.07, 6.45) is 7.20. The lowest BCUT2D eigenvalue weighted by Crippen LogP contribution is -2.43. The Morgan fingerprint density at radius 3 is 2.58 bits per heavy atom. The van der Waals surface area contributed by atoms with Crippen LogP contribution in [0, 0.1) is 23.2 Å². The van der Waals surface area contributed by atoms with Gasteiger partial charge in [-0.1, -0.05) is 32.8 Å². The summed E-state index contributed by atoms with van der Waals surface area (Å²) in [5, 5.41) is 9.20. The lowest BCUT2D eigenvalue weighted by Gasteiger charge is -2.52. The molecule has 2 aliphatic rings. The lowest BCUT2D eigenvalue weighted by atomic mass is 9.53. The molecule has 19 heavy (non-hydrogen) atoms. The van der Waals surface area contributed by atoms with Crippen LogP contribution < -0.4 is 0 Å². The molecule has 2 heteroatoms. The fourth-order valence-corrected chi connectivity index (χ4v) is 4.62. The van der Waals surface area contributed by atoms with Gasteiger partial charge in [0, 0.05) is 5.57 Å². The Bertz CT molecular complexity index is 392. The van der Waals surface area contributed by atoms with E-state index in [4.69, 9.17) is 0 Å². The van der Waals surface area contributed by atoms with Crippen molar-refractivity contribution in [1.82, 2.24) is 0 Å². The van der Waals surface area contributed by atoms with Gasteiger partial charge in [0.15, 0.2) is 0 Å². The molecule has 2 nitrogen and oxygen atoms in total. The summed E-state index contributed by atoms with van der Waals surface area (Å²) in [6.45, 7) is 8.91. The highest BCUT2D eigenvalue weighted by Gasteiger charge is 2.46. The van der Waals surface area contributed by atoms with E-state index in [-0.39, 0.29) is 0 Å². The maximum atomic E-state index is 11.2. The van der Waals surface area contributed by atoms with Gasteiger partial charge in [-0.15, -0.1) is 0 Å². The van der Waals surface area contributed by atoms with Gasteiger partial charge in [0.25, 0.3) is 0 Å². The van der Waals surface area contributed by atoms with Crippen molar-refractivity contribution in [2.24, 2.45) is 23.2 Å². The van der Waals surface area contributed by atoms with E-state index in [2.05, 4.69) is 20.8 Å². The SMILES string of the molecule is CC[C@@H]1CC[C@H]2CC/C(=C(\C)C(=O)O)C[C@@H]2C1(C)C. The monoisotopic (exact) mass is 264 g/mol. The largest absolute Gasteiger partial charge is 0.478 e. The summed E-state index contributed by atoms with van der Waals surface area (Å²) < 4.78 is 0. The molecule has 0 heterocycles. The molecule has 0 aromatic heterocycles. The third kappa shape index (κ3) is 2.59. The lowest BCUT2D eigenvalue weighted by molar-refractivity contribution is -0.132. The molecule has 0 aromatic carbocycles. The van der Waals surface area contributed by atoms with E-state index in [1.165, 1.54) is 31.3 Å². The molecule has 2 saturated carbocycles. The minimum absolute atomic E-state index is 0.363. The molecular formula is C17H28O2. The van der Waals surface area contributed by atoms with Crippen molar-refractivity contribution in [2.45, 2.75) is 66.2 Å². The molecule has 0 aromatic rings. The third-order valence-electron chi connectivity index (χ3n) is 6.09. The zero-order chi connectivity index (χ0) is 14.2. The van der Waals surface area contributed by atoms with Gasteiger partial charge in [-0.3, -0.25) is 0 Å². The van der Waals surface area contributed by atoms with Crippen LogP contribution in [0.4, 0.5) is 0 Å². The molecule has 0 spiro atoms. The number of allylic oxidation sites excluding steroid dienone is 1. The molecule has 0 unspecified atom stereocenters. The standard InChI is InChI=1S/C17H28O2/c1-5-14-9-8-12-6-7-13(11(2)16(18)19)10-15(12)17(14,3)4/h12,14-15H,5-10H2,1-4H3,(H,18,19)/b13-11-/t12-,14-,15+/m1/s1. The summed E-state index contributed by atoms with van der Waals surface area (Å²) in [7, 11) is 0. The Morgan fingerprint density at radius 1 is 1.32 bits per heavy atom. The Balaban J connectivity index is 2.24. The summed E-state index contributed by atoms with van der Waals surface area (Å²) in [4.78, 5) is 11.2. The summed E-state index contributed by atoms with van der Waals surface area (Å²) in [5.41, 5.74) is 2.17. The molecule has 3 atom stereocenters. The van der Waals surface area contributed by atoms with Gasteiger partial charge in [0.2, 0.25) is 0 Å². The first kappa shape index (κ1) is 14.6. The number of fused-ring (bicyclic) bond motifs is 1. The second-order valence-electron chi connectivity index (χ2n) is 7.15. The van der Waals surface area contributed by atoms with Crippen molar-refractivity contribution in [3.63, 3.8) is 0 Å². The van der Waals surface area contributed by atoms with Crippen LogP contribution in [-0.2, 0) is 4.79 Å². The molecular weight excluding hydrogens is 236 g/mol. The molecule has 0 radical (unpaired) electrons. The number of carboxylic acid groups (broad SMARTS) is 1. The van der Waals surface area contributed by atoms with Crippen LogP contribution >= 0.6 is 0 Å². The number of carboxylic acids is 1. The normalized spacial score (nSPS) is 36.5. The van der Waals surface area contributed by atoms with Crippen molar-refractivity contribution in [3.8, 4) is 0 Å². The van der Waals surface area contributed by atoms with Crippen LogP contribution in [0.1, 0.15) is 66.2 Å². The number of aliphatic carboxylic acids is 1. The molecule has 1 N–H and O–H groups in total. The van der Waals surface area contributed by atoms with E-state index in [0.717, 1.165) is 24.7 Å². The molecule has 0 aliphatic heterocycles. The Kier molecular flexibility index (Phi) is 4.08. The van der Waals surface area contributed by atoms with Crippen LogP contribution in [-0.4, -0.2) is 11.1 Å². The number of hydrogen-bond acceptors (Lipinski definition) is 1. The molecule has 108 valence electrons. The fraction of sp³-hybridized carbons (Fsp3) is 0.824. The van der Waals surface area contributed by atoms with Crippen molar-refractivity contribution >= 4 is 5.97 Å². The maximum absolute atomic E-state index is 11.2. The van der Waals surface area contributed by atoms with Crippen LogP contribution in [0.15, 0.2) is 11.1 Å². The van der Waals surface area contributed by atoms with Gasteiger partial charge in [-0.25, -0.2) is 4.79 Å². The first-order chi connectivity index (χ1) is 8.87. The van der Waals surface area contributed by atoms with Gasteiger partial charge in [0.05, 0.1) is 0 Å². The van der Waals surface area contributed by atoms with E-state index in [9.17, 15) is 9.90 Å². The first-order valence-electron chi connectivity index (χ1n) is 7.79. The second-order valence-corrected chi connectivity index (χ2v) is 7.15. The number of hydrogen-bond donors (Lipinski definition) is 1. The minimum Gasteiger partial charge on any atom is -0.478 e. The van der Waals surface area contributed by atoms with Gasteiger partial charge in [-0.2, -0.15) is 0 Å². The Morgan fingerprint density at radius 2 is 2.00 bits per heavy atom.